The SMILES string of the molecule is Cc1nc(NCc2cccc(C(=O)N(C)C)c2)cc(C2CC(N)C2)n1.Cl.Cl. The number of nitrogens with one attached hydrogen (secondary N) is 1. The van der Waals surface area contributed by atoms with Crippen LogP contribution in [0.15, 0.2) is 30.3 Å². The van der Waals surface area contributed by atoms with Gasteiger partial charge in [-0.1, -0.05) is 12.1 Å². The van der Waals surface area contributed by atoms with Gasteiger partial charge in [-0.05, 0) is 37.5 Å². The molecule has 1 fully saturated rings. The van der Waals surface area contributed by atoms with E-state index in [0.717, 1.165) is 35.7 Å². The van der Waals surface area contributed by atoms with Crippen LogP contribution in [0.4, 0.5) is 5.82 Å². The zero-order chi connectivity index (χ0) is 18.0. The van der Waals surface area contributed by atoms with Crippen LogP contribution in [0.2, 0.25) is 0 Å². The van der Waals surface area contributed by atoms with Crippen molar-refractivity contribution in [2.24, 2.45) is 5.73 Å². The number of carbonyl (C=O) groups excluding carboxylic acids is 1. The van der Waals surface area contributed by atoms with E-state index in [1.165, 1.54) is 0 Å². The molecule has 3 N–H and O–H groups in total. The summed E-state index contributed by atoms with van der Waals surface area (Å²) in [6, 6.07) is 9.96. The second kappa shape index (κ2) is 9.88. The van der Waals surface area contributed by atoms with Gasteiger partial charge in [0.15, 0.2) is 0 Å². The van der Waals surface area contributed by atoms with E-state index < -0.39 is 0 Å². The predicted molar refractivity (Wildman–Crippen MR) is 113 cm³/mol. The number of halogens is 2. The lowest BCUT2D eigenvalue weighted by Gasteiger charge is -2.32. The molecule has 0 atom stereocenters. The molecular formula is C19H27Cl2N5O. The number of rotatable bonds is 5. The topological polar surface area (TPSA) is 84.1 Å². The van der Waals surface area contributed by atoms with E-state index in [4.69, 9.17) is 5.73 Å². The van der Waals surface area contributed by atoms with E-state index in [0.29, 0.717) is 24.1 Å². The highest BCUT2D eigenvalue weighted by Crippen LogP contribution is 2.35. The molecule has 1 aliphatic carbocycles. The highest BCUT2D eigenvalue weighted by molar-refractivity contribution is 5.94. The smallest absolute Gasteiger partial charge is 0.253 e. The van der Waals surface area contributed by atoms with Crippen LogP contribution >= 0.6 is 24.8 Å². The number of anilines is 1. The summed E-state index contributed by atoms with van der Waals surface area (Å²) in [6.07, 6.45) is 1.98. The number of hydrogen-bond donors (Lipinski definition) is 2. The third-order valence-corrected chi connectivity index (χ3v) is 4.50. The van der Waals surface area contributed by atoms with E-state index in [9.17, 15) is 4.79 Å². The maximum absolute atomic E-state index is 12.1. The molecule has 1 aromatic heterocycles. The van der Waals surface area contributed by atoms with E-state index in [-0.39, 0.29) is 30.7 Å². The van der Waals surface area contributed by atoms with Gasteiger partial charge in [0, 0.05) is 49.9 Å². The molecule has 8 heteroatoms. The Morgan fingerprint density at radius 1 is 1.22 bits per heavy atom. The molecule has 0 unspecified atom stereocenters. The summed E-state index contributed by atoms with van der Waals surface area (Å²) >= 11 is 0. The molecule has 6 nitrogen and oxygen atoms in total. The molecule has 1 heterocycles. The van der Waals surface area contributed by atoms with Gasteiger partial charge >= 0.3 is 0 Å². The van der Waals surface area contributed by atoms with Crippen LogP contribution < -0.4 is 11.1 Å². The summed E-state index contributed by atoms with van der Waals surface area (Å²) in [6.45, 7) is 2.51. The van der Waals surface area contributed by atoms with Gasteiger partial charge in [0.25, 0.3) is 5.91 Å². The van der Waals surface area contributed by atoms with Crippen LogP contribution in [0.5, 0.6) is 0 Å². The van der Waals surface area contributed by atoms with E-state index in [1.807, 2.05) is 37.3 Å². The summed E-state index contributed by atoms with van der Waals surface area (Å²) in [5.74, 6) is 2.02. The van der Waals surface area contributed by atoms with Crippen molar-refractivity contribution in [3.05, 3.63) is 53.0 Å². The van der Waals surface area contributed by atoms with Crippen molar-refractivity contribution < 1.29 is 4.79 Å². The lowest BCUT2D eigenvalue weighted by Crippen LogP contribution is -2.35. The van der Waals surface area contributed by atoms with Gasteiger partial charge in [-0.3, -0.25) is 4.79 Å². The van der Waals surface area contributed by atoms with Gasteiger partial charge in [-0.15, -0.1) is 24.8 Å². The third-order valence-electron chi connectivity index (χ3n) is 4.50. The maximum atomic E-state index is 12.1. The quantitative estimate of drug-likeness (QED) is 0.788. The van der Waals surface area contributed by atoms with Crippen molar-refractivity contribution in [1.29, 1.82) is 0 Å². The summed E-state index contributed by atoms with van der Waals surface area (Å²) < 4.78 is 0. The first kappa shape index (κ1) is 23.1. The van der Waals surface area contributed by atoms with Gasteiger partial charge < -0.3 is 16.0 Å². The number of amides is 1. The number of nitrogens with zero attached hydrogens (tertiary/aromatic N) is 3. The van der Waals surface area contributed by atoms with Crippen molar-refractivity contribution in [3.63, 3.8) is 0 Å². The van der Waals surface area contributed by atoms with E-state index in [2.05, 4.69) is 15.3 Å². The van der Waals surface area contributed by atoms with Crippen LogP contribution in [0, 0.1) is 6.92 Å². The van der Waals surface area contributed by atoms with Crippen molar-refractivity contribution in [3.8, 4) is 0 Å². The molecule has 0 aliphatic heterocycles. The number of nitrogens with two attached hydrogens (primary N) is 1. The molecule has 1 aromatic carbocycles. The molecule has 3 rings (SSSR count). The van der Waals surface area contributed by atoms with Crippen LogP contribution in [-0.4, -0.2) is 40.9 Å². The Bertz CT molecular complexity index is 778. The molecule has 1 aliphatic rings. The summed E-state index contributed by atoms with van der Waals surface area (Å²) in [5.41, 5.74) is 8.68. The Morgan fingerprint density at radius 3 is 2.56 bits per heavy atom. The van der Waals surface area contributed by atoms with Gasteiger partial charge in [0.2, 0.25) is 0 Å². The van der Waals surface area contributed by atoms with Crippen molar-refractivity contribution in [2.75, 3.05) is 19.4 Å². The minimum atomic E-state index is 0. The number of aryl methyl sites for hydroxylation is 1. The number of aromatic nitrogens is 2. The molecule has 0 radical (unpaired) electrons. The van der Waals surface area contributed by atoms with E-state index >= 15 is 0 Å². The summed E-state index contributed by atoms with van der Waals surface area (Å²) in [4.78, 5) is 22.7. The molecule has 148 valence electrons. The molecule has 1 amide bonds. The molecule has 0 spiro atoms. The summed E-state index contributed by atoms with van der Waals surface area (Å²) in [5, 5.41) is 3.34. The van der Waals surface area contributed by atoms with Crippen molar-refractivity contribution in [1.82, 2.24) is 14.9 Å². The molecule has 2 aromatic rings. The first-order chi connectivity index (χ1) is 11.9. The fourth-order valence-electron chi connectivity index (χ4n) is 3.06. The highest BCUT2D eigenvalue weighted by atomic mass is 35.5. The van der Waals surface area contributed by atoms with E-state index in [1.54, 1.807) is 19.0 Å². The first-order valence-corrected chi connectivity index (χ1v) is 8.58. The lowest BCUT2D eigenvalue weighted by molar-refractivity contribution is 0.0827. The van der Waals surface area contributed by atoms with Gasteiger partial charge in [-0.25, -0.2) is 9.97 Å². The largest absolute Gasteiger partial charge is 0.366 e. The van der Waals surface area contributed by atoms with Gasteiger partial charge in [0.05, 0.1) is 0 Å². The second-order valence-corrected chi connectivity index (χ2v) is 6.91. The first-order valence-electron chi connectivity index (χ1n) is 8.58. The monoisotopic (exact) mass is 411 g/mol. The average Bonchev–Trinajstić information content (AvgIpc) is 2.56. The minimum Gasteiger partial charge on any atom is -0.366 e. The molecular weight excluding hydrogens is 385 g/mol. The molecule has 1 saturated carbocycles. The Morgan fingerprint density at radius 2 is 1.93 bits per heavy atom. The van der Waals surface area contributed by atoms with Crippen molar-refractivity contribution >= 4 is 36.5 Å². The summed E-state index contributed by atoms with van der Waals surface area (Å²) in [7, 11) is 3.51. The predicted octanol–water partition coefficient (Wildman–Crippen LogP) is 3.15. The van der Waals surface area contributed by atoms with Crippen LogP contribution in [0.1, 0.15) is 46.2 Å². The highest BCUT2D eigenvalue weighted by Gasteiger charge is 2.28. The van der Waals surface area contributed by atoms with Gasteiger partial charge in [-0.2, -0.15) is 0 Å². The Hall–Kier alpha value is -1.89. The molecule has 0 saturated heterocycles. The Balaban J connectivity index is 0.00000182. The average molecular weight is 412 g/mol. The fourth-order valence-corrected chi connectivity index (χ4v) is 3.06. The second-order valence-electron chi connectivity index (χ2n) is 6.91. The Labute approximate surface area is 172 Å². The zero-order valence-electron chi connectivity index (χ0n) is 15.8. The van der Waals surface area contributed by atoms with Crippen LogP contribution in [0.25, 0.3) is 0 Å². The van der Waals surface area contributed by atoms with Crippen LogP contribution in [-0.2, 0) is 6.54 Å². The standard InChI is InChI=1S/C19H25N5O.2ClH/c1-12-22-17(15-8-16(20)9-15)10-18(23-12)21-11-13-5-4-6-14(7-13)19(25)24(2)3;;/h4-7,10,15-16H,8-9,11,20H2,1-3H3,(H,21,22,23);2*1H. The number of hydrogen-bond acceptors (Lipinski definition) is 5. The normalized spacial score (nSPS) is 17.8. The lowest BCUT2D eigenvalue weighted by atomic mass is 9.78. The zero-order valence-corrected chi connectivity index (χ0v) is 17.4. The molecule has 0 bridgehead atoms. The fraction of sp³-hybridized carbons (Fsp3) is 0.421. The number of benzene rings is 1. The number of carbonyl (C=O) groups is 1. The van der Waals surface area contributed by atoms with Gasteiger partial charge in [0.1, 0.15) is 11.6 Å². The molecule has 27 heavy (non-hydrogen) atoms. The maximum Gasteiger partial charge on any atom is 0.253 e. The Kier molecular flexibility index (Phi) is 8.47. The minimum absolute atomic E-state index is 0. The van der Waals surface area contributed by atoms with Crippen molar-refractivity contribution in [2.45, 2.75) is 38.3 Å². The van der Waals surface area contributed by atoms with Crippen LogP contribution in [0.3, 0.4) is 0 Å². The third kappa shape index (κ3) is 5.79.